The monoisotopic (exact) mass is 346 g/mol. The number of amides is 1. The molecule has 2 aliphatic heterocycles. The van der Waals surface area contributed by atoms with Gasteiger partial charge in [-0.05, 0) is 43.2 Å². The van der Waals surface area contributed by atoms with Crippen LogP contribution >= 0.6 is 11.3 Å². The Labute approximate surface area is 147 Å². The van der Waals surface area contributed by atoms with Gasteiger partial charge in [-0.3, -0.25) is 9.48 Å². The number of likely N-dealkylation sites (tertiary alicyclic amines) is 1. The zero-order valence-electron chi connectivity index (χ0n) is 14.8. The van der Waals surface area contributed by atoms with Crippen LogP contribution in [0.25, 0.3) is 10.2 Å². The summed E-state index contributed by atoms with van der Waals surface area (Å²) in [5.74, 6) is 0.572. The van der Waals surface area contributed by atoms with Crippen molar-refractivity contribution in [3.8, 4) is 0 Å². The van der Waals surface area contributed by atoms with Gasteiger partial charge in [0.25, 0.3) is 5.91 Å². The third kappa shape index (κ3) is 2.56. The zero-order valence-corrected chi connectivity index (χ0v) is 15.6. The first kappa shape index (κ1) is 16.1. The van der Waals surface area contributed by atoms with Gasteiger partial charge in [0.15, 0.2) is 0 Å². The number of aromatic nitrogens is 2. The van der Waals surface area contributed by atoms with E-state index in [1.807, 2.05) is 11.7 Å². The van der Waals surface area contributed by atoms with Gasteiger partial charge in [-0.1, -0.05) is 13.8 Å². The highest BCUT2D eigenvalue weighted by atomic mass is 32.1. The molecule has 6 heteroatoms. The fourth-order valence-electron chi connectivity index (χ4n) is 4.16. The first-order chi connectivity index (χ1) is 11.5. The van der Waals surface area contributed by atoms with Crippen LogP contribution in [-0.2, 0) is 7.05 Å². The van der Waals surface area contributed by atoms with Crippen molar-refractivity contribution in [2.24, 2.45) is 12.5 Å². The normalized spacial score (nSPS) is 20.6. The Morgan fingerprint density at radius 1 is 1.33 bits per heavy atom. The molecule has 5 nitrogen and oxygen atoms in total. The largest absolute Gasteiger partial charge is 0.338 e. The summed E-state index contributed by atoms with van der Waals surface area (Å²) >= 11 is 1.58. The number of piperidine rings is 1. The SMILES string of the molecule is CC(C)c1nn(C)c2sc(C(=O)N3CCC4(CCNC4)CC3)cc12. The molecule has 2 aromatic heterocycles. The summed E-state index contributed by atoms with van der Waals surface area (Å²) in [6.45, 7) is 8.35. The number of thiophene rings is 1. The van der Waals surface area contributed by atoms with Gasteiger partial charge in [-0.25, -0.2) is 0 Å². The topological polar surface area (TPSA) is 50.2 Å². The maximum atomic E-state index is 13.0. The van der Waals surface area contributed by atoms with Crippen LogP contribution in [0.1, 0.15) is 54.4 Å². The maximum Gasteiger partial charge on any atom is 0.264 e. The average molecular weight is 347 g/mol. The van der Waals surface area contributed by atoms with Gasteiger partial charge in [0.2, 0.25) is 0 Å². The second-order valence-corrected chi connectivity index (χ2v) is 8.74. The summed E-state index contributed by atoms with van der Waals surface area (Å²) in [5.41, 5.74) is 1.54. The number of nitrogens with zero attached hydrogens (tertiary/aromatic N) is 3. The minimum Gasteiger partial charge on any atom is -0.338 e. The molecule has 0 atom stereocenters. The fourth-order valence-corrected chi connectivity index (χ4v) is 5.21. The Bertz CT molecular complexity index is 759. The molecule has 0 aliphatic carbocycles. The average Bonchev–Trinajstić information content (AvgIpc) is 3.25. The van der Waals surface area contributed by atoms with Gasteiger partial charge in [-0.2, -0.15) is 5.10 Å². The summed E-state index contributed by atoms with van der Waals surface area (Å²) in [4.78, 5) is 17.0. The number of hydrogen-bond donors (Lipinski definition) is 1. The third-order valence-electron chi connectivity index (χ3n) is 5.74. The lowest BCUT2D eigenvalue weighted by atomic mass is 9.78. The fraction of sp³-hybridized carbons (Fsp3) is 0.667. The lowest BCUT2D eigenvalue weighted by molar-refractivity contribution is 0.0612. The van der Waals surface area contributed by atoms with E-state index in [1.54, 1.807) is 11.3 Å². The number of fused-ring (bicyclic) bond motifs is 1. The van der Waals surface area contributed by atoms with Crippen LogP contribution in [0.3, 0.4) is 0 Å². The Morgan fingerprint density at radius 2 is 2.08 bits per heavy atom. The highest BCUT2D eigenvalue weighted by molar-refractivity contribution is 7.20. The molecule has 0 saturated carbocycles. The molecule has 0 unspecified atom stereocenters. The molecule has 1 amide bonds. The van der Waals surface area contributed by atoms with Crippen molar-refractivity contribution < 1.29 is 4.79 Å². The maximum absolute atomic E-state index is 13.0. The van der Waals surface area contributed by atoms with E-state index < -0.39 is 0 Å². The van der Waals surface area contributed by atoms with Crippen LogP contribution in [0.2, 0.25) is 0 Å². The van der Waals surface area contributed by atoms with E-state index in [0.717, 1.165) is 59.8 Å². The van der Waals surface area contributed by atoms with Crippen molar-refractivity contribution in [2.75, 3.05) is 26.2 Å². The Balaban J connectivity index is 1.54. The number of aryl methyl sites for hydroxylation is 1. The van der Waals surface area contributed by atoms with E-state index in [9.17, 15) is 4.79 Å². The number of carbonyl (C=O) groups is 1. The van der Waals surface area contributed by atoms with E-state index in [2.05, 4.69) is 35.2 Å². The van der Waals surface area contributed by atoms with Crippen molar-refractivity contribution in [1.29, 1.82) is 0 Å². The quantitative estimate of drug-likeness (QED) is 0.909. The van der Waals surface area contributed by atoms with E-state index in [-0.39, 0.29) is 5.91 Å². The molecule has 2 aromatic rings. The Kier molecular flexibility index (Phi) is 3.92. The molecule has 4 heterocycles. The summed E-state index contributed by atoms with van der Waals surface area (Å²) in [5, 5.41) is 9.24. The molecule has 0 bridgehead atoms. The third-order valence-corrected chi connectivity index (χ3v) is 6.93. The number of nitrogens with one attached hydrogen (secondary N) is 1. The molecular formula is C18H26N4OS. The molecular weight excluding hydrogens is 320 g/mol. The van der Waals surface area contributed by atoms with Crippen molar-refractivity contribution in [3.05, 3.63) is 16.6 Å². The Hall–Kier alpha value is -1.40. The lowest BCUT2D eigenvalue weighted by Gasteiger charge is -2.38. The summed E-state index contributed by atoms with van der Waals surface area (Å²) in [6.07, 6.45) is 3.53. The molecule has 0 aromatic carbocycles. The van der Waals surface area contributed by atoms with Gasteiger partial charge in [0, 0.05) is 32.1 Å². The smallest absolute Gasteiger partial charge is 0.264 e. The lowest BCUT2D eigenvalue weighted by Crippen LogP contribution is -2.43. The first-order valence-electron chi connectivity index (χ1n) is 8.95. The number of hydrogen-bond acceptors (Lipinski definition) is 4. The zero-order chi connectivity index (χ0) is 16.9. The first-order valence-corrected chi connectivity index (χ1v) is 9.77. The standard InChI is InChI=1S/C18H26N4OS/c1-12(2)15-13-10-14(24-17(13)21(3)20-15)16(23)22-8-5-18(6-9-22)4-7-19-11-18/h10,12,19H,4-9,11H2,1-3H3. The number of carbonyl (C=O) groups excluding carboxylic acids is 1. The van der Waals surface area contributed by atoms with E-state index >= 15 is 0 Å². The van der Waals surface area contributed by atoms with Crippen LogP contribution in [0.5, 0.6) is 0 Å². The van der Waals surface area contributed by atoms with Crippen LogP contribution in [0.15, 0.2) is 6.07 Å². The number of rotatable bonds is 2. The Morgan fingerprint density at radius 3 is 2.71 bits per heavy atom. The molecule has 2 saturated heterocycles. The van der Waals surface area contributed by atoms with Gasteiger partial charge in [-0.15, -0.1) is 11.3 Å². The molecule has 2 fully saturated rings. The van der Waals surface area contributed by atoms with E-state index in [4.69, 9.17) is 0 Å². The molecule has 1 spiro atoms. The minimum atomic E-state index is 0.201. The predicted octanol–water partition coefficient (Wildman–Crippen LogP) is 2.97. The van der Waals surface area contributed by atoms with Gasteiger partial charge in [0.1, 0.15) is 4.83 Å². The second kappa shape index (κ2) is 5.85. The van der Waals surface area contributed by atoms with Crippen molar-refractivity contribution in [1.82, 2.24) is 20.0 Å². The van der Waals surface area contributed by atoms with Gasteiger partial charge in [0.05, 0.1) is 10.6 Å². The molecule has 0 radical (unpaired) electrons. The van der Waals surface area contributed by atoms with Crippen LogP contribution in [-0.4, -0.2) is 46.8 Å². The van der Waals surface area contributed by atoms with Gasteiger partial charge < -0.3 is 10.2 Å². The minimum absolute atomic E-state index is 0.201. The highest BCUT2D eigenvalue weighted by Gasteiger charge is 2.38. The molecule has 4 rings (SSSR count). The molecule has 130 valence electrons. The predicted molar refractivity (Wildman–Crippen MR) is 97.7 cm³/mol. The van der Waals surface area contributed by atoms with Crippen LogP contribution < -0.4 is 5.32 Å². The van der Waals surface area contributed by atoms with Crippen LogP contribution in [0.4, 0.5) is 0 Å². The van der Waals surface area contributed by atoms with Crippen molar-refractivity contribution >= 4 is 27.5 Å². The summed E-state index contributed by atoms with van der Waals surface area (Å²) in [7, 11) is 1.97. The highest BCUT2D eigenvalue weighted by Crippen LogP contribution is 2.38. The van der Waals surface area contributed by atoms with Gasteiger partial charge >= 0.3 is 0 Å². The van der Waals surface area contributed by atoms with Crippen LogP contribution in [0, 0.1) is 5.41 Å². The van der Waals surface area contributed by atoms with E-state index in [1.165, 1.54) is 6.42 Å². The summed E-state index contributed by atoms with van der Waals surface area (Å²) < 4.78 is 1.92. The molecule has 2 aliphatic rings. The molecule has 24 heavy (non-hydrogen) atoms. The molecule has 1 N–H and O–H groups in total. The second-order valence-electron chi connectivity index (χ2n) is 7.71. The summed E-state index contributed by atoms with van der Waals surface area (Å²) in [6, 6.07) is 2.06. The van der Waals surface area contributed by atoms with Crippen molar-refractivity contribution in [2.45, 2.75) is 39.0 Å². The van der Waals surface area contributed by atoms with Crippen molar-refractivity contribution in [3.63, 3.8) is 0 Å². The van der Waals surface area contributed by atoms with E-state index in [0.29, 0.717) is 11.3 Å².